The lowest BCUT2D eigenvalue weighted by molar-refractivity contribution is 0.269. The molecule has 3 nitrogen and oxygen atoms in total. The summed E-state index contributed by atoms with van der Waals surface area (Å²) in [7, 11) is 0. The van der Waals surface area contributed by atoms with E-state index >= 15 is 0 Å². The molecule has 0 atom stereocenters. The highest BCUT2D eigenvalue weighted by Crippen LogP contribution is 2.17. The van der Waals surface area contributed by atoms with E-state index in [1.165, 1.54) is 0 Å². The standard InChI is InChI=1S/C9H12ClNO2/c1-2-5-13-9-4-3-7(10)8(6-12)11-9/h3-4,12H,2,5-6H2,1H3. The Morgan fingerprint density at radius 1 is 1.54 bits per heavy atom. The Morgan fingerprint density at radius 2 is 2.31 bits per heavy atom. The molecule has 0 aliphatic heterocycles. The maximum Gasteiger partial charge on any atom is 0.213 e. The van der Waals surface area contributed by atoms with Crippen molar-refractivity contribution in [2.75, 3.05) is 6.61 Å². The molecule has 0 amide bonds. The first-order valence-electron chi connectivity index (χ1n) is 4.17. The van der Waals surface area contributed by atoms with Crippen LogP contribution >= 0.6 is 11.6 Å². The molecule has 0 saturated heterocycles. The van der Waals surface area contributed by atoms with Crippen molar-refractivity contribution in [3.63, 3.8) is 0 Å². The molecule has 1 heterocycles. The van der Waals surface area contributed by atoms with Crippen molar-refractivity contribution in [2.24, 2.45) is 0 Å². The van der Waals surface area contributed by atoms with Crippen molar-refractivity contribution in [1.29, 1.82) is 0 Å². The zero-order valence-electron chi connectivity index (χ0n) is 7.46. The van der Waals surface area contributed by atoms with Crippen LogP contribution in [0.25, 0.3) is 0 Å². The van der Waals surface area contributed by atoms with E-state index in [2.05, 4.69) is 4.98 Å². The van der Waals surface area contributed by atoms with Gasteiger partial charge >= 0.3 is 0 Å². The number of halogens is 1. The summed E-state index contributed by atoms with van der Waals surface area (Å²) in [5, 5.41) is 9.33. The quantitative estimate of drug-likeness (QED) is 0.811. The van der Waals surface area contributed by atoms with Gasteiger partial charge in [-0.15, -0.1) is 0 Å². The first-order chi connectivity index (χ1) is 6.27. The van der Waals surface area contributed by atoms with Crippen molar-refractivity contribution >= 4 is 11.6 Å². The van der Waals surface area contributed by atoms with Crippen LogP contribution in [0, 0.1) is 0 Å². The SMILES string of the molecule is CCCOc1ccc(Cl)c(CO)n1. The van der Waals surface area contributed by atoms with Gasteiger partial charge < -0.3 is 9.84 Å². The highest BCUT2D eigenvalue weighted by molar-refractivity contribution is 6.31. The number of rotatable bonds is 4. The fourth-order valence-corrected chi connectivity index (χ4v) is 1.03. The van der Waals surface area contributed by atoms with Gasteiger partial charge in [-0.05, 0) is 12.5 Å². The number of hydrogen-bond donors (Lipinski definition) is 1. The van der Waals surface area contributed by atoms with Gasteiger partial charge in [0.05, 0.1) is 23.9 Å². The Balaban J connectivity index is 2.74. The number of nitrogens with zero attached hydrogens (tertiary/aromatic N) is 1. The predicted octanol–water partition coefficient (Wildman–Crippen LogP) is 2.02. The maximum atomic E-state index is 8.87. The van der Waals surface area contributed by atoms with Crippen LogP contribution < -0.4 is 4.74 Å². The lowest BCUT2D eigenvalue weighted by Gasteiger charge is -2.05. The third-order valence-corrected chi connectivity index (χ3v) is 1.84. The van der Waals surface area contributed by atoms with Crippen LogP contribution in [0.1, 0.15) is 19.0 Å². The Bertz CT molecular complexity index is 278. The molecule has 0 aliphatic carbocycles. The third-order valence-electron chi connectivity index (χ3n) is 1.50. The maximum absolute atomic E-state index is 8.87. The van der Waals surface area contributed by atoms with E-state index in [1.807, 2.05) is 6.92 Å². The third kappa shape index (κ3) is 2.86. The van der Waals surface area contributed by atoms with Gasteiger partial charge in [-0.25, -0.2) is 4.98 Å². The molecule has 72 valence electrons. The van der Waals surface area contributed by atoms with Crippen molar-refractivity contribution in [2.45, 2.75) is 20.0 Å². The minimum Gasteiger partial charge on any atom is -0.478 e. The molecule has 13 heavy (non-hydrogen) atoms. The summed E-state index contributed by atoms with van der Waals surface area (Å²) >= 11 is 5.75. The summed E-state index contributed by atoms with van der Waals surface area (Å²) in [5.41, 5.74) is 0.454. The second-order valence-electron chi connectivity index (χ2n) is 2.58. The smallest absolute Gasteiger partial charge is 0.213 e. The molecule has 1 aromatic rings. The highest BCUT2D eigenvalue weighted by atomic mass is 35.5. The summed E-state index contributed by atoms with van der Waals surface area (Å²) in [4.78, 5) is 4.02. The molecule has 0 aromatic carbocycles. The van der Waals surface area contributed by atoms with Crippen LogP contribution in [-0.4, -0.2) is 16.7 Å². The molecule has 0 spiro atoms. The number of hydrogen-bond acceptors (Lipinski definition) is 3. The van der Waals surface area contributed by atoms with Crippen LogP contribution in [0.3, 0.4) is 0 Å². The van der Waals surface area contributed by atoms with E-state index in [-0.39, 0.29) is 6.61 Å². The van der Waals surface area contributed by atoms with Crippen LogP contribution in [0.4, 0.5) is 0 Å². The predicted molar refractivity (Wildman–Crippen MR) is 51.0 cm³/mol. The molecule has 0 aliphatic rings. The Kier molecular flexibility index (Phi) is 3.99. The number of aromatic nitrogens is 1. The molecule has 0 bridgehead atoms. The van der Waals surface area contributed by atoms with E-state index in [9.17, 15) is 0 Å². The van der Waals surface area contributed by atoms with Crippen molar-refractivity contribution in [1.82, 2.24) is 4.98 Å². The number of aliphatic hydroxyl groups is 1. The molecule has 0 unspecified atom stereocenters. The van der Waals surface area contributed by atoms with Gasteiger partial charge in [-0.3, -0.25) is 0 Å². The summed E-state index contributed by atoms with van der Waals surface area (Å²) in [6.07, 6.45) is 0.929. The first kappa shape index (κ1) is 10.3. The van der Waals surface area contributed by atoms with E-state index in [1.54, 1.807) is 12.1 Å². The van der Waals surface area contributed by atoms with Gasteiger partial charge in [0.2, 0.25) is 5.88 Å². The summed E-state index contributed by atoms with van der Waals surface area (Å²) < 4.78 is 5.27. The molecule has 0 radical (unpaired) electrons. The fraction of sp³-hybridized carbons (Fsp3) is 0.444. The van der Waals surface area contributed by atoms with E-state index < -0.39 is 0 Å². The number of pyridine rings is 1. The van der Waals surface area contributed by atoms with Crippen molar-refractivity contribution < 1.29 is 9.84 Å². The number of ether oxygens (including phenoxy) is 1. The zero-order valence-corrected chi connectivity index (χ0v) is 8.21. The van der Waals surface area contributed by atoms with Crippen LogP contribution in [-0.2, 0) is 6.61 Å². The van der Waals surface area contributed by atoms with Gasteiger partial charge in [0.25, 0.3) is 0 Å². The van der Waals surface area contributed by atoms with E-state index in [0.29, 0.717) is 23.2 Å². The Hall–Kier alpha value is -0.800. The largest absolute Gasteiger partial charge is 0.478 e. The molecule has 1 aromatic heterocycles. The van der Waals surface area contributed by atoms with E-state index in [0.717, 1.165) is 6.42 Å². The lowest BCUT2D eigenvalue weighted by atomic mass is 10.3. The van der Waals surface area contributed by atoms with Crippen LogP contribution in [0.2, 0.25) is 5.02 Å². The normalized spacial score (nSPS) is 10.1. The Morgan fingerprint density at radius 3 is 2.92 bits per heavy atom. The minimum absolute atomic E-state index is 0.165. The molecule has 4 heteroatoms. The average molecular weight is 202 g/mol. The molecule has 0 fully saturated rings. The topological polar surface area (TPSA) is 42.4 Å². The molecule has 1 N–H and O–H groups in total. The molecule has 0 saturated carbocycles. The van der Waals surface area contributed by atoms with Gasteiger partial charge in [-0.1, -0.05) is 18.5 Å². The van der Waals surface area contributed by atoms with Gasteiger partial charge in [0, 0.05) is 6.07 Å². The molecule has 1 rings (SSSR count). The fourth-order valence-electron chi connectivity index (χ4n) is 0.862. The van der Waals surface area contributed by atoms with Crippen LogP contribution in [0.5, 0.6) is 5.88 Å². The summed E-state index contributed by atoms with van der Waals surface area (Å²) in [6.45, 7) is 2.48. The number of aliphatic hydroxyl groups excluding tert-OH is 1. The molecular weight excluding hydrogens is 190 g/mol. The monoisotopic (exact) mass is 201 g/mol. The first-order valence-corrected chi connectivity index (χ1v) is 4.54. The van der Waals surface area contributed by atoms with E-state index in [4.69, 9.17) is 21.4 Å². The van der Waals surface area contributed by atoms with Gasteiger partial charge in [-0.2, -0.15) is 0 Å². The average Bonchev–Trinajstić information content (AvgIpc) is 2.16. The lowest BCUT2D eigenvalue weighted by Crippen LogP contribution is -1.99. The minimum atomic E-state index is -0.165. The summed E-state index contributed by atoms with van der Waals surface area (Å²) in [5.74, 6) is 0.510. The van der Waals surface area contributed by atoms with Gasteiger partial charge in [0.1, 0.15) is 0 Å². The Labute approximate surface area is 82.3 Å². The second-order valence-corrected chi connectivity index (χ2v) is 2.99. The molecular formula is C9H12ClNO2. The van der Waals surface area contributed by atoms with Gasteiger partial charge in [0.15, 0.2) is 0 Å². The van der Waals surface area contributed by atoms with Crippen molar-refractivity contribution in [3.8, 4) is 5.88 Å². The summed E-state index contributed by atoms with van der Waals surface area (Å²) in [6, 6.07) is 3.36. The second kappa shape index (κ2) is 5.04. The highest BCUT2D eigenvalue weighted by Gasteiger charge is 2.02. The van der Waals surface area contributed by atoms with Crippen LogP contribution in [0.15, 0.2) is 12.1 Å². The zero-order chi connectivity index (χ0) is 9.68. The van der Waals surface area contributed by atoms with Crippen molar-refractivity contribution in [3.05, 3.63) is 22.8 Å².